The summed E-state index contributed by atoms with van der Waals surface area (Å²) in [5.74, 6) is 2.22. The van der Waals surface area contributed by atoms with Crippen molar-refractivity contribution in [3.63, 3.8) is 0 Å². The Morgan fingerprint density at radius 1 is 1.20 bits per heavy atom. The highest BCUT2D eigenvalue weighted by molar-refractivity contribution is 5.50. The van der Waals surface area contributed by atoms with Gasteiger partial charge in [0.05, 0.1) is 11.9 Å². The third-order valence-electron chi connectivity index (χ3n) is 3.34. The van der Waals surface area contributed by atoms with Gasteiger partial charge in [-0.05, 0) is 26.3 Å². The summed E-state index contributed by atoms with van der Waals surface area (Å²) in [6.07, 6.45) is 8.59. The zero-order valence-corrected chi connectivity index (χ0v) is 11.5. The van der Waals surface area contributed by atoms with E-state index in [0.29, 0.717) is 11.9 Å². The molecule has 104 valence electrons. The predicted octanol–water partition coefficient (Wildman–Crippen LogP) is 2.13. The maximum atomic E-state index is 4.55. The molecule has 0 amide bonds. The lowest BCUT2D eigenvalue weighted by Gasteiger charge is -2.23. The molecule has 0 saturated carbocycles. The number of piperidine rings is 1. The van der Waals surface area contributed by atoms with Gasteiger partial charge >= 0.3 is 0 Å². The van der Waals surface area contributed by atoms with E-state index in [1.807, 2.05) is 13.0 Å². The Hall–Kier alpha value is -2.08. The van der Waals surface area contributed by atoms with Gasteiger partial charge in [0.1, 0.15) is 17.5 Å². The van der Waals surface area contributed by atoms with Crippen molar-refractivity contribution in [3.8, 4) is 0 Å². The number of anilines is 2. The van der Waals surface area contributed by atoms with Crippen LogP contribution in [-0.4, -0.2) is 26.5 Å². The summed E-state index contributed by atoms with van der Waals surface area (Å²) in [7, 11) is 0. The number of aromatic nitrogens is 4. The van der Waals surface area contributed by atoms with Crippen molar-refractivity contribution in [3.05, 3.63) is 36.2 Å². The second-order valence-electron chi connectivity index (χ2n) is 4.94. The van der Waals surface area contributed by atoms with Crippen LogP contribution in [0.25, 0.3) is 0 Å². The number of hydrogen-bond donors (Lipinski definition) is 2. The van der Waals surface area contributed by atoms with Crippen molar-refractivity contribution in [2.24, 2.45) is 0 Å². The van der Waals surface area contributed by atoms with Crippen LogP contribution in [0.2, 0.25) is 0 Å². The van der Waals surface area contributed by atoms with E-state index in [-0.39, 0.29) is 0 Å². The topological polar surface area (TPSA) is 75.6 Å². The molecule has 0 aromatic carbocycles. The van der Waals surface area contributed by atoms with Crippen molar-refractivity contribution in [2.75, 3.05) is 11.9 Å². The monoisotopic (exact) mass is 270 g/mol. The zero-order valence-electron chi connectivity index (χ0n) is 11.5. The molecule has 2 aromatic heterocycles. The molecule has 1 atom stereocenters. The van der Waals surface area contributed by atoms with E-state index in [1.54, 1.807) is 18.6 Å². The smallest absolute Gasteiger partial charge is 0.150 e. The van der Waals surface area contributed by atoms with E-state index >= 15 is 0 Å². The maximum Gasteiger partial charge on any atom is 0.150 e. The normalized spacial score (nSPS) is 18.8. The predicted molar refractivity (Wildman–Crippen MR) is 76.7 cm³/mol. The van der Waals surface area contributed by atoms with Crippen LogP contribution in [0.5, 0.6) is 0 Å². The minimum Gasteiger partial charge on any atom is -0.324 e. The third-order valence-corrected chi connectivity index (χ3v) is 3.34. The van der Waals surface area contributed by atoms with Gasteiger partial charge in [-0.15, -0.1) is 0 Å². The molecule has 2 N–H and O–H groups in total. The first-order valence-corrected chi connectivity index (χ1v) is 6.93. The van der Waals surface area contributed by atoms with E-state index in [0.717, 1.165) is 30.3 Å². The molecule has 1 aliphatic rings. The summed E-state index contributed by atoms with van der Waals surface area (Å²) < 4.78 is 0. The Morgan fingerprint density at radius 3 is 2.90 bits per heavy atom. The molecule has 1 saturated heterocycles. The summed E-state index contributed by atoms with van der Waals surface area (Å²) in [4.78, 5) is 17.2. The maximum absolute atomic E-state index is 4.55. The molecule has 20 heavy (non-hydrogen) atoms. The van der Waals surface area contributed by atoms with E-state index in [4.69, 9.17) is 0 Å². The minimum atomic E-state index is 0.327. The average Bonchev–Trinajstić information content (AvgIpc) is 2.49. The first-order valence-electron chi connectivity index (χ1n) is 6.93. The van der Waals surface area contributed by atoms with Crippen molar-refractivity contribution < 1.29 is 0 Å². The van der Waals surface area contributed by atoms with Crippen LogP contribution in [0.4, 0.5) is 11.6 Å². The molecule has 0 unspecified atom stereocenters. The number of hydrogen-bond acceptors (Lipinski definition) is 6. The van der Waals surface area contributed by atoms with Crippen LogP contribution in [-0.2, 0) is 0 Å². The number of aryl methyl sites for hydroxylation is 1. The van der Waals surface area contributed by atoms with E-state index < -0.39 is 0 Å². The van der Waals surface area contributed by atoms with E-state index in [1.165, 1.54) is 12.8 Å². The zero-order chi connectivity index (χ0) is 13.8. The van der Waals surface area contributed by atoms with Crippen molar-refractivity contribution in [2.45, 2.75) is 32.2 Å². The molecule has 0 aliphatic carbocycles. The van der Waals surface area contributed by atoms with Gasteiger partial charge in [0.25, 0.3) is 0 Å². The second-order valence-corrected chi connectivity index (χ2v) is 4.94. The fourth-order valence-electron chi connectivity index (χ4n) is 2.43. The van der Waals surface area contributed by atoms with Gasteiger partial charge in [0, 0.05) is 24.5 Å². The Kier molecular flexibility index (Phi) is 3.83. The molecular weight excluding hydrogens is 252 g/mol. The highest BCUT2D eigenvalue weighted by Gasteiger charge is 2.17. The van der Waals surface area contributed by atoms with Crippen LogP contribution >= 0.6 is 0 Å². The van der Waals surface area contributed by atoms with Gasteiger partial charge in [-0.25, -0.2) is 15.0 Å². The molecule has 0 spiro atoms. The quantitative estimate of drug-likeness (QED) is 0.890. The van der Waals surface area contributed by atoms with Crippen molar-refractivity contribution in [1.29, 1.82) is 0 Å². The van der Waals surface area contributed by atoms with Crippen LogP contribution in [0.15, 0.2) is 24.7 Å². The van der Waals surface area contributed by atoms with Crippen molar-refractivity contribution in [1.82, 2.24) is 25.3 Å². The Labute approximate surface area is 118 Å². The van der Waals surface area contributed by atoms with Crippen LogP contribution in [0.1, 0.15) is 36.8 Å². The Morgan fingerprint density at radius 2 is 2.15 bits per heavy atom. The van der Waals surface area contributed by atoms with E-state index in [2.05, 4.69) is 30.6 Å². The van der Waals surface area contributed by atoms with Crippen LogP contribution in [0, 0.1) is 6.92 Å². The SMILES string of the molecule is Cc1nc(Nc2cnccn2)cc([C@@H]2CCCCN2)n1. The third kappa shape index (κ3) is 3.08. The molecule has 6 nitrogen and oxygen atoms in total. The highest BCUT2D eigenvalue weighted by atomic mass is 15.1. The van der Waals surface area contributed by atoms with Gasteiger partial charge in [0.2, 0.25) is 0 Å². The summed E-state index contributed by atoms with van der Waals surface area (Å²) >= 11 is 0. The van der Waals surface area contributed by atoms with Gasteiger partial charge in [-0.3, -0.25) is 4.98 Å². The van der Waals surface area contributed by atoms with Gasteiger partial charge in [0.15, 0.2) is 0 Å². The molecule has 2 aromatic rings. The first kappa shape index (κ1) is 12.9. The second kappa shape index (κ2) is 5.92. The molecule has 0 radical (unpaired) electrons. The highest BCUT2D eigenvalue weighted by Crippen LogP contribution is 2.23. The summed E-state index contributed by atoms with van der Waals surface area (Å²) in [6.45, 7) is 2.97. The van der Waals surface area contributed by atoms with E-state index in [9.17, 15) is 0 Å². The fourth-order valence-corrected chi connectivity index (χ4v) is 2.43. The van der Waals surface area contributed by atoms with Gasteiger partial charge in [-0.2, -0.15) is 0 Å². The summed E-state index contributed by atoms with van der Waals surface area (Å²) in [6, 6.07) is 2.32. The molecule has 0 bridgehead atoms. The van der Waals surface area contributed by atoms with Crippen LogP contribution < -0.4 is 10.6 Å². The van der Waals surface area contributed by atoms with Gasteiger partial charge < -0.3 is 10.6 Å². The standard InChI is InChI=1S/C14H18N6/c1-10-18-12(11-4-2-3-5-16-11)8-13(19-10)20-14-9-15-6-7-17-14/h6-9,11,16H,2-5H2,1H3,(H,17,18,19,20)/t11-/m0/s1. The minimum absolute atomic E-state index is 0.327. The molecule has 6 heteroatoms. The first-order chi connectivity index (χ1) is 9.81. The number of rotatable bonds is 3. The Bertz CT molecular complexity index is 565. The van der Waals surface area contributed by atoms with Crippen molar-refractivity contribution >= 4 is 11.6 Å². The number of nitrogens with zero attached hydrogens (tertiary/aromatic N) is 4. The summed E-state index contributed by atoms with van der Waals surface area (Å²) in [5, 5.41) is 6.68. The lowest BCUT2D eigenvalue weighted by Crippen LogP contribution is -2.27. The van der Waals surface area contributed by atoms with Gasteiger partial charge in [-0.1, -0.05) is 6.42 Å². The molecule has 1 fully saturated rings. The summed E-state index contributed by atoms with van der Waals surface area (Å²) in [5.41, 5.74) is 1.04. The fraction of sp³-hybridized carbons (Fsp3) is 0.429. The molecular formula is C14H18N6. The molecule has 1 aliphatic heterocycles. The largest absolute Gasteiger partial charge is 0.324 e. The molecule has 3 heterocycles. The molecule has 3 rings (SSSR count). The number of nitrogens with one attached hydrogen (secondary N) is 2. The average molecular weight is 270 g/mol. The Balaban J connectivity index is 1.82. The lowest BCUT2D eigenvalue weighted by molar-refractivity contribution is 0.404. The van der Waals surface area contributed by atoms with Crippen LogP contribution in [0.3, 0.4) is 0 Å². The lowest BCUT2D eigenvalue weighted by atomic mass is 10.0.